The second-order valence-electron chi connectivity index (χ2n) is 3.97. The van der Waals surface area contributed by atoms with Crippen molar-refractivity contribution in [3.8, 4) is 0 Å². The standard InChI is InChI=1S/C11H12F3NO/c12-11(13,14)8-3-1-7(2-4-8)10-5-9(16)6-15-10/h1-4,9-10,15-16H,5-6H2/t9-,10-/m1/s1. The zero-order chi connectivity index (χ0) is 11.8. The van der Waals surface area contributed by atoms with Gasteiger partial charge in [-0.05, 0) is 24.1 Å². The topological polar surface area (TPSA) is 32.3 Å². The monoisotopic (exact) mass is 231 g/mol. The molecule has 2 N–H and O–H groups in total. The maximum atomic E-state index is 12.3. The van der Waals surface area contributed by atoms with Crippen LogP contribution in [-0.4, -0.2) is 17.8 Å². The van der Waals surface area contributed by atoms with E-state index in [9.17, 15) is 18.3 Å². The highest BCUT2D eigenvalue weighted by Crippen LogP contribution is 2.31. The third kappa shape index (κ3) is 2.36. The van der Waals surface area contributed by atoms with Gasteiger partial charge in [-0.1, -0.05) is 12.1 Å². The van der Waals surface area contributed by atoms with Gasteiger partial charge in [0.1, 0.15) is 0 Å². The third-order valence-corrected chi connectivity index (χ3v) is 2.75. The van der Waals surface area contributed by atoms with Gasteiger partial charge in [-0.25, -0.2) is 0 Å². The summed E-state index contributed by atoms with van der Waals surface area (Å²) in [4.78, 5) is 0. The first-order chi connectivity index (χ1) is 7.47. The minimum Gasteiger partial charge on any atom is -0.392 e. The zero-order valence-corrected chi connectivity index (χ0v) is 8.46. The number of aliphatic hydroxyl groups excluding tert-OH is 1. The number of hydrogen-bond donors (Lipinski definition) is 2. The Morgan fingerprint density at radius 2 is 1.81 bits per heavy atom. The second-order valence-corrected chi connectivity index (χ2v) is 3.97. The van der Waals surface area contributed by atoms with Crippen molar-refractivity contribution in [3.63, 3.8) is 0 Å². The SMILES string of the molecule is O[C@H]1CN[C@@H](c2ccc(C(F)(F)F)cc2)C1. The summed E-state index contributed by atoms with van der Waals surface area (Å²) in [5, 5.41) is 12.4. The van der Waals surface area contributed by atoms with E-state index in [2.05, 4.69) is 5.32 Å². The highest BCUT2D eigenvalue weighted by Gasteiger charge is 2.30. The van der Waals surface area contributed by atoms with E-state index in [0.717, 1.165) is 17.7 Å². The molecule has 0 aromatic heterocycles. The lowest BCUT2D eigenvalue weighted by Gasteiger charge is -2.12. The van der Waals surface area contributed by atoms with Gasteiger partial charge < -0.3 is 10.4 Å². The Morgan fingerprint density at radius 1 is 1.19 bits per heavy atom. The lowest BCUT2D eigenvalue weighted by Crippen LogP contribution is -2.15. The Bertz CT molecular complexity index is 360. The molecule has 0 aliphatic carbocycles. The van der Waals surface area contributed by atoms with Crippen molar-refractivity contribution in [1.82, 2.24) is 5.32 Å². The zero-order valence-electron chi connectivity index (χ0n) is 8.46. The van der Waals surface area contributed by atoms with Gasteiger partial charge in [-0.3, -0.25) is 0 Å². The van der Waals surface area contributed by atoms with Crippen molar-refractivity contribution in [2.45, 2.75) is 24.7 Å². The van der Waals surface area contributed by atoms with Crippen LogP contribution in [0.2, 0.25) is 0 Å². The Kier molecular flexibility index (Phi) is 2.90. The van der Waals surface area contributed by atoms with Gasteiger partial charge in [-0.15, -0.1) is 0 Å². The van der Waals surface area contributed by atoms with Crippen LogP contribution in [0.1, 0.15) is 23.6 Å². The van der Waals surface area contributed by atoms with Crippen LogP contribution in [0.3, 0.4) is 0 Å². The van der Waals surface area contributed by atoms with Crippen molar-refractivity contribution in [3.05, 3.63) is 35.4 Å². The van der Waals surface area contributed by atoms with Crippen LogP contribution in [0.4, 0.5) is 13.2 Å². The summed E-state index contributed by atoms with van der Waals surface area (Å²) in [6, 6.07) is 5.01. The van der Waals surface area contributed by atoms with Gasteiger partial charge >= 0.3 is 6.18 Å². The maximum Gasteiger partial charge on any atom is 0.416 e. The minimum atomic E-state index is -4.29. The number of alkyl halides is 3. The first kappa shape index (κ1) is 11.4. The van der Waals surface area contributed by atoms with E-state index < -0.39 is 17.8 Å². The second kappa shape index (κ2) is 4.07. The predicted molar refractivity (Wildman–Crippen MR) is 52.8 cm³/mol. The van der Waals surface area contributed by atoms with Crippen LogP contribution in [0.5, 0.6) is 0 Å². The molecule has 0 unspecified atom stereocenters. The molecule has 1 fully saturated rings. The van der Waals surface area contributed by atoms with Crippen LogP contribution >= 0.6 is 0 Å². The van der Waals surface area contributed by atoms with E-state index in [1.165, 1.54) is 12.1 Å². The number of nitrogens with one attached hydrogen (secondary N) is 1. The van der Waals surface area contributed by atoms with E-state index in [1.54, 1.807) is 0 Å². The number of aliphatic hydroxyl groups is 1. The fourth-order valence-corrected chi connectivity index (χ4v) is 1.88. The van der Waals surface area contributed by atoms with Crippen molar-refractivity contribution >= 4 is 0 Å². The molecule has 2 atom stereocenters. The highest BCUT2D eigenvalue weighted by atomic mass is 19.4. The van der Waals surface area contributed by atoms with Crippen molar-refractivity contribution in [2.24, 2.45) is 0 Å². The third-order valence-electron chi connectivity index (χ3n) is 2.75. The molecule has 1 aliphatic rings. The van der Waals surface area contributed by atoms with Crippen LogP contribution in [0.25, 0.3) is 0 Å². The molecule has 0 saturated carbocycles. The van der Waals surface area contributed by atoms with Crippen molar-refractivity contribution < 1.29 is 18.3 Å². The Balaban J connectivity index is 2.14. The fourth-order valence-electron chi connectivity index (χ4n) is 1.88. The molecule has 1 saturated heterocycles. The Morgan fingerprint density at radius 3 is 2.25 bits per heavy atom. The molecule has 0 spiro atoms. The number of benzene rings is 1. The molecular weight excluding hydrogens is 219 g/mol. The van der Waals surface area contributed by atoms with Crippen LogP contribution in [0.15, 0.2) is 24.3 Å². The quantitative estimate of drug-likeness (QED) is 0.775. The number of rotatable bonds is 1. The largest absolute Gasteiger partial charge is 0.416 e. The molecule has 0 radical (unpaired) electrons. The van der Waals surface area contributed by atoms with Gasteiger partial charge in [0.25, 0.3) is 0 Å². The molecule has 1 aromatic rings. The Labute approximate surface area is 91.1 Å². The van der Waals surface area contributed by atoms with Gasteiger partial charge in [-0.2, -0.15) is 13.2 Å². The van der Waals surface area contributed by atoms with Crippen LogP contribution in [-0.2, 0) is 6.18 Å². The average molecular weight is 231 g/mol. The fraction of sp³-hybridized carbons (Fsp3) is 0.455. The first-order valence-corrected chi connectivity index (χ1v) is 5.05. The van der Waals surface area contributed by atoms with Gasteiger partial charge in [0.05, 0.1) is 11.7 Å². The maximum absolute atomic E-state index is 12.3. The molecule has 0 amide bonds. The summed E-state index contributed by atoms with van der Waals surface area (Å²) < 4.78 is 36.9. The van der Waals surface area contributed by atoms with Crippen molar-refractivity contribution in [1.29, 1.82) is 0 Å². The smallest absolute Gasteiger partial charge is 0.392 e. The van der Waals surface area contributed by atoms with Gasteiger partial charge in [0.2, 0.25) is 0 Å². The van der Waals surface area contributed by atoms with Gasteiger partial charge in [0.15, 0.2) is 0 Å². The van der Waals surface area contributed by atoms with E-state index in [0.29, 0.717) is 13.0 Å². The molecule has 0 bridgehead atoms. The molecular formula is C11H12F3NO. The molecule has 1 aromatic carbocycles. The summed E-state index contributed by atoms with van der Waals surface area (Å²) in [5.74, 6) is 0. The molecule has 16 heavy (non-hydrogen) atoms. The van der Waals surface area contributed by atoms with Gasteiger partial charge in [0, 0.05) is 12.6 Å². The molecule has 2 nitrogen and oxygen atoms in total. The summed E-state index contributed by atoms with van der Waals surface area (Å²) >= 11 is 0. The molecule has 1 aliphatic heterocycles. The average Bonchev–Trinajstić information content (AvgIpc) is 2.64. The minimum absolute atomic E-state index is 0.0442. The number of halogens is 3. The molecule has 2 rings (SSSR count). The molecule has 5 heteroatoms. The summed E-state index contributed by atoms with van der Waals surface area (Å²) in [6.45, 7) is 0.492. The lowest BCUT2D eigenvalue weighted by atomic mass is 10.0. The van der Waals surface area contributed by atoms with Crippen LogP contribution in [0, 0.1) is 0 Å². The lowest BCUT2D eigenvalue weighted by molar-refractivity contribution is -0.137. The van der Waals surface area contributed by atoms with E-state index in [4.69, 9.17) is 0 Å². The number of β-amino-alcohol motifs (C(OH)–C–C–N with tert-alkyl or cyclic N) is 1. The summed E-state index contributed by atoms with van der Waals surface area (Å²) in [5.41, 5.74) is 0.138. The summed E-state index contributed by atoms with van der Waals surface area (Å²) in [7, 11) is 0. The molecule has 88 valence electrons. The highest BCUT2D eigenvalue weighted by molar-refractivity contribution is 5.27. The van der Waals surface area contributed by atoms with E-state index >= 15 is 0 Å². The van der Waals surface area contributed by atoms with Crippen molar-refractivity contribution in [2.75, 3.05) is 6.54 Å². The Hall–Kier alpha value is -1.07. The predicted octanol–water partition coefficient (Wildman–Crippen LogP) is 2.10. The van der Waals surface area contributed by atoms with Crippen LogP contribution < -0.4 is 5.32 Å². The van der Waals surface area contributed by atoms with E-state index in [1.807, 2.05) is 0 Å². The normalized spacial score (nSPS) is 26.0. The molecule has 1 heterocycles. The first-order valence-electron chi connectivity index (χ1n) is 5.05. The van der Waals surface area contributed by atoms with E-state index in [-0.39, 0.29) is 6.04 Å². The number of hydrogen-bond acceptors (Lipinski definition) is 2. The summed E-state index contributed by atoms with van der Waals surface area (Å²) in [6.07, 6.45) is -4.15.